The molecule has 2 aromatic rings. The Hall–Kier alpha value is -1.78. The van der Waals surface area contributed by atoms with Crippen molar-refractivity contribution in [2.45, 2.75) is 25.3 Å². The topological polar surface area (TPSA) is 97.4 Å². The molecule has 0 N–H and O–H groups in total. The molecular formula is C13H20N6O3S. The van der Waals surface area contributed by atoms with Gasteiger partial charge < -0.3 is 4.52 Å². The molecule has 0 aromatic carbocycles. The summed E-state index contributed by atoms with van der Waals surface area (Å²) in [4.78, 5) is 6.33. The second-order valence-corrected chi connectivity index (χ2v) is 7.43. The number of piperazine rings is 1. The van der Waals surface area contributed by atoms with Crippen molar-refractivity contribution >= 4 is 10.0 Å². The summed E-state index contributed by atoms with van der Waals surface area (Å²) < 4.78 is 33.7. The molecule has 0 aliphatic carbocycles. The van der Waals surface area contributed by atoms with Crippen LogP contribution in [0.3, 0.4) is 0 Å². The number of hydrogen-bond donors (Lipinski definition) is 0. The molecule has 2 aromatic heterocycles. The van der Waals surface area contributed by atoms with E-state index in [1.54, 1.807) is 24.9 Å². The average molecular weight is 340 g/mol. The van der Waals surface area contributed by atoms with E-state index in [9.17, 15) is 8.42 Å². The van der Waals surface area contributed by atoms with Gasteiger partial charge in [0, 0.05) is 32.7 Å². The molecule has 0 atom stereocenters. The van der Waals surface area contributed by atoms with Crippen molar-refractivity contribution in [3.8, 4) is 0 Å². The molecular weight excluding hydrogens is 320 g/mol. The van der Waals surface area contributed by atoms with Crippen molar-refractivity contribution in [1.29, 1.82) is 0 Å². The van der Waals surface area contributed by atoms with E-state index in [1.807, 2.05) is 0 Å². The zero-order valence-electron chi connectivity index (χ0n) is 13.2. The van der Waals surface area contributed by atoms with Crippen LogP contribution in [0.1, 0.15) is 11.5 Å². The Morgan fingerprint density at radius 1 is 1.17 bits per heavy atom. The SMILES string of the molecule is Cc1noc(C)c1S(=O)(=O)N1CCN(CCn2cncn2)CC1. The Balaban J connectivity index is 1.60. The van der Waals surface area contributed by atoms with Crippen molar-refractivity contribution in [1.82, 2.24) is 29.1 Å². The summed E-state index contributed by atoms with van der Waals surface area (Å²) in [5.41, 5.74) is 0.413. The van der Waals surface area contributed by atoms with E-state index in [0.717, 1.165) is 13.1 Å². The van der Waals surface area contributed by atoms with E-state index in [1.165, 1.54) is 10.6 Å². The van der Waals surface area contributed by atoms with E-state index in [-0.39, 0.29) is 4.90 Å². The monoisotopic (exact) mass is 340 g/mol. The summed E-state index contributed by atoms with van der Waals surface area (Å²) in [6.07, 6.45) is 3.19. The molecule has 0 radical (unpaired) electrons. The summed E-state index contributed by atoms with van der Waals surface area (Å²) >= 11 is 0. The summed E-state index contributed by atoms with van der Waals surface area (Å²) in [7, 11) is -3.54. The molecule has 1 aliphatic heterocycles. The van der Waals surface area contributed by atoms with Gasteiger partial charge in [0.1, 0.15) is 23.2 Å². The van der Waals surface area contributed by atoms with Crippen LogP contribution in [-0.2, 0) is 16.6 Å². The van der Waals surface area contributed by atoms with Crippen LogP contribution >= 0.6 is 0 Å². The largest absolute Gasteiger partial charge is 0.360 e. The third kappa shape index (κ3) is 3.28. The van der Waals surface area contributed by atoms with Gasteiger partial charge in [-0.2, -0.15) is 9.40 Å². The molecule has 1 aliphatic rings. The zero-order chi connectivity index (χ0) is 16.4. The Kier molecular flexibility index (Phi) is 4.46. The first-order chi connectivity index (χ1) is 11.0. The van der Waals surface area contributed by atoms with Crippen LogP contribution < -0.4 is 0 Å². The van der Waals surface area contributed by atoms with Crippen LogP contribution in [0.2, 0.25) is 0 Å². The number of rotatable bonds is 5. The van der Waals surface area contributed by atoms with Gasteiger partial charge in [0.25, 0.3) is 0 Å². The van der Waals surface area contributed by atoms with Gasteiger partial charge in [-0.3, -0.25) is 9.58 Å². The lowest BCUT2D eigenvalue weighted by atomic mass is 10.3. The number of aryl methyl sites for hydroxylation is 2. The summed E-state index contributed by atoms with van der Waals surface area (Å²) in [5, 5.41) is 7.81. The van der Waals surface area contributed by atoms with Gasteiger partial charge in [-0.25, -0.2) is 13.4 Å². The summed E-state index contributed by atoms with van der Waals surface area (Å²) in [5.74, 6) is 0.344. The Morgan fingerprint density at radius 3 is 2.48 bits per heavy atom. The van der Waals surface area contributed by atoms with Gasteiger partial charge in [-0.05, 0) is 13.8 Å². The Morgan fingerprint density at radius 2 is 1.91 bits per heavy atom. The summed E-state index contributed by atoms with van der Waals surface area (Å²) in [6.45, 7) is 7.15. The molecule has 126 valence electrons. The van der Waals surface area contributed by atoms with Gasteiger partial charge in [0.15, 0.2) is 5.76 Å². The highest BCUT2D eigenvalue weighted by molar-refractivity contribution is 7.89. The van der Waals surface area contributed by atoms with Gasteiger partial charge in [-0.15, -0.1) is 0 Å². The molecule has 23 heavy (non-hydrogen) atoms. The maximum absolute atomic E-state index is 12.7. The van der Waals surface area contributed by atoms with E-state index < -0.39 is 10.0 Å². The van der Waals surface area contributed by atoms with E-state index >= 15 is 0 Å². The molecule has 1 fully saturated rings. The molecule has 0 bridgehead atoms. The fourth-order valence-electron chi connectivity index (χ4n) is 2.76. The standard InChI is InChI=1S/C13H20N6O3S/c1-11-13(12(2)22-16-11)23(20,21)19-7-4-17(5-8-19)3-6-18-10-14-9-15-18/h9-10H,3-8H2,1-2H3. The minimum Gasteiger partial charge on any atom is -0.360 e. The van der Waals surface area contributed by atoms with Gasteiger partial charge in [0.2, 0.25) is 10.0 Å². The van der Waals surface area contributed by atoms with Crippen molar-refractivity contribution in [3.63, 3.8) is 0 Å². The highest BCUT2D eigenvalue weighted by atomic mass is 32.2. The second-order valence-electron chi connectivity index (χ2n) is 5.56. The smallest absolute Gasteiger partial charge is 0.248 e. The lowest BCUT2D eigenvalue weighted by molar-refractivity contribution is 0.181. The van der Waals surface area contributed by atoms with Gasteiger partial charge in [-0.1, -0.05) is 5.16 Å². The predicted octanol–water partition coefficient (Wildman–Crippen LogP) is -0.111. The molecule has 10 heteroatoms. The molecule has 1 saturated heterocycles. The molecule has 0 amide bonds. The van der Waals surface area contributed by atoms with Crippen LogP contribution in [0.4, 0.5) is 0 Å². The second kappa shape index (κ2) is 6.38. The van der Waals surface area contributed by atoms with E-state index in [2.05, 4.69) is 20.1 Å². The van der Waals surface area contributed by atoms with Crippen LogP contribution in [0.5, 0.6) is 0 Å². The predicted molar refractivity (Wildman–Crippen MR) is 81.2 cm³/mol. The first-order valence-electron chi connectivity index (χ1n) is 7.46. The third-order valence-corrected chi connectivity index (χ3v) is 6.15. The maximum Gasteiger partial charge on any atom is 0.248 e. The van der Waals surface area contributed by atoms with Gasteiger partial charge in [0.05, 0.1) is 6.54 Å². The van der Waals surface area contributed by atoms with Crippen molar-refractivity contribution in [2.24, 2.45) is 0 Å². The quantitative estimate of drug-likeness (QED) is 0.749. The van der Waals surface area contributed by atoms with Crippen molar-refractivity contribution < 1.29 is 12.9 Å². The highest BCUT2D eigenvalue weighted by Crippen LogP contribution is 2.24. The van der Waals surface area contributed by atoms with E-state index in [0.29, 0.717) is 37.6 Å². The zero-order valence-corrected chi connectivity index (χ0v) is 14.0. The normalized spacial score (nSPS) is 17.7. The minimum absolute atomic E-state index is 0.202. The fraction of sp³-hybridized carbons (Fsp3) is 0.615. The number of hydrogen-bond acceptors (Lipinski definition) is 7. The molecule has 3 heterocycles. The third-order valence-electron chi connectivity index (χ3n) is 4.01. The lowest BCUT2D eigenvalue weighted by Gasteiger charge is -2.33. The van der Waals surface area contributed by atoms with Crippen LogP contribution in [0.15, 0.2) is 22.1 Å². The van der Waals surface area contributed by atoms with Crippen LogP contribution in [0.25, 0.3) is 0 Å². The highest BCUT2D eigenvalue weighted by Gasteiger charge is 2.33. The molecule has 9 nitrogen and oxygen atoms in total. The minimum atomic E-state index is -3.54. The summed E-state index contributed by atoms with van der Waals surface area (Å²) in [6, 6.07) is 0. The molecule has 0 spiro atoms. The van der Waals surface area contributed by atoms with Crippen molar-refractivity contribution in [3.05, 3.63) is 24.1 Å². The first kappa shape index (κ1) is 16.1. The van der Waals surface area contributed by atoms with Crippen molar-refractivity contribution in [2.75, 3.05) is 32.7 Å². The van der Waals surface area contributed by atoms with E-state index in [4.69, 9.17) is 4.52 Å². The number of aromatic nitrogens is 4. The van der Waals surface area contributed by atoms with Crippen LogP contribution in [0, 0.1) is 13.8 Å². The Labute approximate surface area is 134 Å². The molecule has 0 unspecified atom stereocenters. The Bertz CT molecular complexity index is 727. The number of nitrogens with zero attached hydrogens (tertiary/aromatic N) is 6. The van der Waals surface area contributed by atoms with Gasteiger partial charge >= 0.3 is 0 Å². The lowest BCUT2D eigenvalue weighted by Crippen LogP contribution is -2.49. The average Bonchev–Trinajstić information content (AvgIpc) is 3.15. The van der Waals surface area contributed by atoms with Crippen LogP contribution in [-0.4, -0.2) is 70.3 Å². The maximum atomic E-state index is 12.7. The number of sulfonamides is 1. The molecule has 3 rings (SSSR count). The molecule has 0 saturated carbocycles. The fourth-order valence-corrected chi connectivity index (χ4v) is 4.47. The first-order valence-corrected chi connectivity index (χ1v) is 8.90.